The molecule has 4 heteroatoms. The van der Waals surface area contributed by atoms with Gasteiger partial charge in [-0.1, -0.05) is 6.92 Å². The predicted octanol–water partition coefficient (Wildman–Crippen LogP) is 1.38. The van der Waals surface area contributed by atoms with Crippen LogP contribution in [-0.2, 0) is 13.6 Å². The molecule has 2 rings (SSSR count). The van der Waals surface area contributed by atoms with Crippen molar-refractivity contribution in [3.05, 3.63) is 18.0 Å². The second kappa shape index (κ2) is 4.78. The second-order valence-corrected chi connectivity index (χ2v) is 5.66. The molecule has 1 N–H and O–H groups in total. The zero-order valence-electron chi connectivity index (χ0n) is 11.4. The molecule has 1 aromatic rings. The highest BCUT2D eigenvalue weighted by Crippen LogP contribution is 2.21. The molecule has 0 amide bonds. The molecule has 2 heterocycles. The summed E-state index contributed by atoms with van der Waals surface area (Å²) in [6.07, 6.45) is 3.20. The van der Waals surface area contributed by atoms with Gasteiger partial charge in [0, 0.05) is 44.5 Å². The summed E-state index contributed by atoms with van der Waals surface area (Å²) in [5.74, 6) is 0. The van der Waals surface area contributed by atoms with Crippen molar-refractivity contribution < 1.29 is 0 Å². The Morgan fingerprint density at radius 2 is 2.29 bits per heavy atom. The molecule has 0 saturated carbocycles. The largest absolute Gasteiger partial charge is 0.311 e. The first-order chi connectivity index (χ1) is 8.01. The Kier molecular flexibility index (Phi) is 3.54. The van der Waals surface area contributed by atoms with Crippen molar-refractivity contribution in [3.63, 3.8) is 0 Å². The van der Waals surface area contributed by atoms with E-state index in [-0.39, 0.29) is 5.54 Å². The van der Waals surface area contributed by atoms with Crippen LogP contribution < -0.4 is 5.32 Å². The minimum Gasteiger partial charge on any atom is -0.311 e. The van der Waals surface area contributed by atoms with E-state index in [9.17, 15) is 0 Å². The number of piperazine rings is 1. The van der Waals surface area contributed by atoms with E-state index in [1.165, 1.54) is 6.42 Å². The summed E-state index contributed by atoms with van der Waals surface area (Å²) < 4.78 is 1.88. The normalized spacial score (nSPS) is 25.1. The SMILES string of the molecule is CCC1CN(Cc2ccn(C)n2)C(C)(C)CN1. The number of nitrogens with zero attached hydrogens (tertiary/aromatic N) is 3. The minimum absolute atomic E-state index is 0.211. The van der Waals surface area contributed by atoms with Crippen LogP contribution in [0.3, 0.4) is 0 Å². The molecule has 1 aliphatic rings. The Hall–Kier alpha value is -0.870. The Morgan fingerprint density at radius 1 is 1.53 bits per heavy atom. The fourth-order valence-corrected chi connectivity index (χ4v) is 2.38. The van der Waals surface area contributed by atoms with Crippen LogP contribution in [-0.4, -0.2) is 39.4 Å². The Labute approximate surface area is 104 Å². The molecule has 4 nitrogen and oxygen atoms in total. The van der Waals surface area contributed by atoms with E-state index in [0.717, 1.165) is 25.3 Å². The van der Waals surface area contributed by atoms with Crippen LogP contribution in [0.4, 0.5) is 0 Å². The first-order valence-corrected chi connectivity index (χ1v) is 6.48. The van der Waals surface area contributed by atoms with Gasteiger partial charge in [-0.05, 0) is 26.3 Å². The van der Waals surface area contributed by atoms with Crippen molar-refractivity contribution in [2.24, 2.45) is 7.05 Å². The van der Waals surface area contributed by atoms with E-state index in [0.29, 0.717) is 6.04 Å². The van der Waals surface area contributed by atoms with Crippen LogP contribution in [0, 0.1) is 0 Å². The molecule has 0 aliphatic carbocycles. The maximum absolute atomic E-state index is 4.48. The third-order valence-electron chi connectivity index (χ3n) is 3.73. The van der Waals surface area contributed by atoms with Gasteiger partial charge in [0.05, 0.1) is 5.69 Å². The second-order valence-electron chi connectivity index (χ2n) is 5.66. The van der Waals surface area contributed by atoms with Crippen LogP contribution in [0.1, 0.15) is 32.9 Å². The fraction of sp³-hybridized carbons (Fsp3) is 0.769. The lowest BCUT2D eigenvalue weighted by molar-refractivity contribution is 0.0564. The molecule has 1 fully saturated rings. The van der Waals surface area contributed by atoms with Crippen molar-refractivity contribution in [1.29, 1.82) is 0 Å². The Morgan fingerprint density at radius 3 is 2.88 bits per heavy atom. The average molecular weight is 236 g/mol. The summed E-state index contributed by atoms with van der Waals surface area (Å²) in [7, 11) is 1.97. The number of aromatic nitrogens is 2. The first kappa shape index (κ1) is 12.6. The smallest absolute Gasteiger partial charge is 0.0764 e. The molecule has 1 atom stereocenters. The number of rotatable bonds is 3. The van der Waals surface area contributed by atoms with Gasteiger partial charge in [0.15, 0.2) is 0 Å². The topological polar surface area (TPSA) is 33.1 Å². The van der Waals surface area contributed by atoms with E-state index in [4.69, 9.17) is 0 Å². The lowest BCUT2D eigenvalue weighted by Crippen LogP contribution is -2.61. The number of hydrogen-bond donors (Lipinski definition) is 1. The number of hydrogen-bond acceptors (Lipinski definition) is 3. The molecule has 1 aliphatic heterocycles. The lowest BCUT2D eigenvalue weighted by atomic mass is 9.96. The van der Waals surface area contributed by atoms with Gasteiger partial charge in [-0.3, -0.25) is 9.58 Å². The van der Waals surface area contributed by atoms with Gasteiger partial charge < -0.3 is 5.32 Å². The monoisotopic (exact) mass is 236 g/mol. The summed E-state index contributed by atoms with van der Waals surface area (Å²) in [6.45, 7) is 9.96. The molecule has 0 bridgehead atoms. The van der Waals surface area contributed by atoms with Gasteiger partial charge in [-0.15, -0.1) is 0 Å². The summed E-state index contributed by atoms with van der Waals surface area (Å²) in [4.78, 5) is 2.54. The molecule has 1 aromatic heterocycles. The molecule has 0 aromatic carbocycles. The van der Waals surface area contributed by atoms with Crippen LogP contribution in [0.25, 0.3) is 0 Å². The van der Waals surface area contributed by atoms with E-state index in [2.05, 4.69) is 42.2 Å². The predicted molar refractivity (Wildman–Crippen MR) is 69.8 cm³/mol. The van der Waals surface area contributed by atoms with Crippen LogP contribution >= 0.6 is 0 Å². The third-order valence-corrected chi connectivity index (χ3v) is 3.73. The zero-order valence-corrected chi connectivity index (χ0v) is 11.4. The quantitative estimate of drug-likeness (QED) is 0.861. The molecule has 0 radical (unpaired) electrons. The van der Waals surface area contributed by atoms with Crippen molar-refractivity contribution >= 4 is 0 Å². The molecule has 17 heavy (non-hydrogen) atoms. The van der Waals surface area contributed by atoms with Crippen LogP contribution in [0.5, 0.6) is 0 Å². The van der Waals surface area contributed by atoms with Gasteiger partial charge in [0.2, 0.25) is 0 Å². The highest BCUT2D eigenvalue weighted by atomic mass is 15.3. The highest BCUT2D eigenvalue weighted by Gasteiger charge is 2.33. The number of nitrogens with one attached hydrogen (secondary N) is 1. The number of aryl methyl sites for hydroxylation is 1. The average Bonchev–Trinajstić information content (AvgIpc) is 2.67. The summed E-state index contributed by atoms with van der Waals surface area (Å²) in [6, 6.07) is 2.73. The fourth-order valence-electron chi connectivity index (χ4n) is 2.38. The van der Waals surface area contributed by atoms with Gasteiger partial charge in [-0.25, -0.2) is 0 Å². The van der Waals surface area contributed by atoms with E-state index < -0.39 is 0 Å². The van der Waals surface area contributed by atoms with Gasteiger partial charge in [0.1, 0.15) is 0 Å². The lowest BCUT2D eigenvalue weighted by Gasteiger charge is -2.45. The summed E-state index contributed by atoms with van der Waals surface area (Å²) in [5.41, 5.74) is 1.38. The molecule has 1 unspecified atom stereocenters. The van der Waals surface area contributed by atoms with Crippen molar-refractivity contribution in [2.45, 2.75) is 45.3 Å². The van der Waals surface area contributed by atoms with Crippen molar-refractivity contribution in [3.8, 4) is 0 Å². The minimum atomic E-state index is 0.211. The third kappa shape index (κ3) is 2.87. The van der Waals surface area contributed by atoms with Gasteiger partial charge in [0.25, 0.3) is 0 Å². The molecular formula is C13H24N4. The summed E-state index contributed by atoms with van der Waals surface area (Å²) >= 11 is 0. The van der Waals surface area contributed by atoms with Crippen molar-refractivity contribution in [1.82, 2.24) is 20.0 Å². The molecule has 1 saturated heterocycles. The molecule has 96 valence electrons. The first-order valence-electron chi connectivity index (χ1n) is 6.48. The molecule has 0 spiro atoms. The van der Waals surface area contributed by atoms with E-state index in [1.54, 1.807) is 0 Å². The zero-order chi connectivity index (χ0) is 12.5. The Bertz CT molecular complexity index is 369. The van der Waals surface area contributed by atoms with Crippen LogP contribution in [0.2, 0.25) is 0 Å². The van der Waals surface area contributed by atoms with E-state index >= 15 is 0 Å². The van der Waals surface area contributed by atoms with E-state index in [1.807, 2.05) is 17.9 Å². The van der Waals surface area contributed by atoms with Gasteiger partial charge >= 0.3 is 0 Å². The van der Waals surface area contributed by atoms with Crippen molar-refractivity contribution in [2.75, 3.05) is 13.1 Å². The standard InChI is InChI=1S/C13H24N4/c1-5-11-8-17(13(2,3)10-14-11)9-12-6-7-16(4)15-12/h6-7,11,14H,5,8-10H2,1-4H3. The van der Waals surface area contributed by atoms with Crippen LogP contribution in [0.15, 0.2) is 12.3 Å². The summed E-state index contributed by atoms with van der Waals surface area (Å²) in [5, 5.41) is 8.09. The maximum Gasteiger partial charge on any atom is 0.0764 e. The van der Waals surface area contributed by atoms with Gasteiger partial charge in [-0.2, -0.15) is 5.10 Å². The molecular weight excluding hydrogens is 212 g/mol. The highest BCUT2D eigenvalue weighted by molar-refractivity contribution is 5.02. The Balaban J connectivity index is 2.05. The maximum atomic E-state index is 4.48.